The summed E-state index contributed by atoms with van der Waals surface area (Å²) in [6, 6.07) is 7.49. The fourth-order valence-electron chi connectivity index (χ4n) is 1.80. The lowest BCUT2D eigenvalue weighted by molar-refractivity contribution is -0.0746. The first-order chi connectivity index (χ1) is 7.63. The minimum absolute atomic E-state index is 0.352. The van der Waals surface area contributed by atoms with Crippen molar-refractivity contribution in [2.75, 3.05) is 20.2 Å². The quantitative estimate of drug-likeness (QED) is 0.795. The fraction of sp³-hybridized carbons (Fsp3) is 0.500. The molecule has 1 aromatic carbocycles. The molecule has 2 rings (SSSR count). The Labute approximate surface area is 95.2 Å². The molecule has 16 heavy (non-hydrogen) atoms. The predicted octanol–water partition coefficient (Wildman–Crippen LogP) is 0.797. The summed E-state index contributed by atoms with van der Waals surface area (Å²) in [6.07, 6.45) is -0.352. The lowest BCUT2D eigenvalue weighted by Gasteiger charge is -2.36. The number of ether oxygens (including phenoxy) is 2. The molecule has 0 saturated heterocycles. The fourth-order valence-corrected chi connectivity index (χ4v) is 1.80. The third kappa shape index (κ3) is 2.13. The molecule has 0 amide bonds. The van der Waals surface area contributed by atoms with Gasteiger partial charge in [0.2, 0.25) is 0 Å². The maximum absolute atomic E-state index is 10.2. The summed E-state index contributed by atoms with van der Waals surface area (Å²) in [5.74, 6) is 1.43. The zero-order chi connectivity index (χ0) is 11.6. The van der Waals surface area contributed by atoms with Gasteiger partial charge in [-0.2, -0.15) is 0 Å². The van der Waals surface area contributed by atoms with Gasteiger partial charge in [-0.1, -0.05) is 12.1 Å². The van der Waals surface area contributed by atoms with Gasteiger partial charge in [-0.05, 0) is 26.1 Å². The van der Waals surface area contributed by atoms with E-state index in [0.29, 0.717) is 18.9 Å². The average Bonchev–Trinajstić information content (AvgIpc) is 2.28. The zero-order valence-corrected chi connectivity index (χ0v) is 9.56. The number of likely N-dealkylation sites (N-methyl/N-ethyl adjacent to an activating group) is 1. The molecule has 1 aliphatic heterocycles. The molecule has 2 unspecified atom stereocenters. The maximum Gasteiger partial charge on any atom is 0.162 e. The molecular formula is C12H17NO3. The third-order valence-electron chi connectivity index (χ3n) is 2.74. The van der Waals surface area contributed by atoms with Gasteiger partial charge < -0.3 is 19.9 Å². The third-order valence-corrected chi connectivity index (χ3v) is 2.74. The normalized spacial score (nSPS) is 22.6. The van der Waals surface area contributed by atoms with Crippen LogP contribution in [0.5, 0.6) is 11.5 Å². The molecule has 88 valence electrons. The first-order valence-electron chi connectivity index (χ1n) is 5.39. The van der Waals surface area contributed by atoms with Crippen LogP contribution >= 0.6 is 0 Å². The summed E-state index contributed by atoms with van der Waals surface area (Å²) in [5.41, 5.74) is -0.942. The number of hydrogen-bond donors (Lipinski definition) is 2. The molecule has 0 radical (unpaired) electrons. The van der Waals surface area contributed by atoms with Gasteiger partial charge in [-0.25, -0.2) is 0 Å². The van der Waals surface area contributed by atoms with Crippen LogP contribution in [0.25, 0.3) is 0 Å². The van der Waals surface area contributed by atoms with Crippen molar-refractivity contribution in [3.05, 3.63) is 24.3 Å². The van der Waals surface area contributed by atoms with E-state index in [4.69, 9.17) is 9.47 Å². The van der Waals surface area contributed by atoms with Gasteiger partial charge in [0, 0.05) is 6.54 Å². The SMILES string of the molecule is CNCC(C)(O)C1COc2ccccc2O1. The van der Waals surface area contributed by atoms with E-state index in [9.17, 15) is 5.11 Å². The van der Waals surface area contributed by atoms with Crippen LogP contribution < -0.4 is 14.8 Å². The van der Waals surface area contributed by atoms with E-state index < -0.39 is 5.60 Å². The second-order valence-electron chi connectivity index (χ2n) is 4.25. The maximum atomic E-state index is 10.2. The standard InChI is InChI=1S/C12H17NO3/c1-12(14,8-13-2)11-7-15-9-5-3-4-6-10(9)16-11/h3-6,11,13-14H,7-8H2,1-2H3. The van der Waals surface area contributed by atoms with Crippen molar-refractivity contribution in [1.29, 1.82) is 0 Å². The van der Waals surface area contributed by atoms with Crippen LogP contribution in [-0.2, 0) is 0 Å². The van der Waals surface area contributed by atoms with Crippen LogP contribution in [0.4, 0.5) is 0 Å². The van der Waals surface area contributed by atoms with Gasteiger partial charge in [-0.15, -0.1) is 0 Å². The van der Waals surface area contributed by atoms with E-state index in [1.54, 1.807) is 14.0 Å². The summed E-state index contributed by atoms with van der Waals surface area (Å²) in [6.45, 7) is 2.57. The number of nitrogens with one attached hydrogen (secondary N) is 1. The van der Waals surface area contributed by atoms with Crippen molar-refractivity contribution >= 4 is 0 Å². The van der Waals surface area contributed by atoms with E-state index in [1.807, 2.05) is 24.3 Å². The highest BCUT2D eigenvalue weighted by Gasteiger charge is 2.36. The van der Waals surface area contributed by atoms with Crippen molar-refractivity contribution in [3.8, 4) is 11.5 Å². The molecule has 0 spiro atoms. The Morgan fingerprint density at radius 1 is 1.44 bits per heavy atom. The predicted molar refractivity (Wildman–Crippen MR) is 60.9 cm³/mol. The molecule has 0 aliphatic carbocycles. The Kier molecular flexibility index (Phi) is 3.03. The Balaban J connectivity index is 2.13. The van der Waals surface area contributed by atoms with Gasteiger partial charge in [0.15, 0.2) is 17.6 Å². The van der Waals surface area contributed by atoms with Crippen molar-refractivity contribution in [2.45, 2.75) is 18.6 Å². The molecule has 0 saturated carbocycles. The monoisotopic (exact) mass is 223 g/mol. The van der Waals surface area contributed by atoms with Crippen LogP contribution in [0.15, 0.2) is 24.3 Å². The van der Waals surface area contributed by atoms with Crippen molar-refractivity contribution in [2.24, 2.45) is 0 Å². The first kappa shape index (κ1) is 11.2. The Morgan fingerprint density at radius 2 is 2.12 bits per heavy atom. The lowest BCUT2D eigenvalue weighted by Crippen LogP contribution is -2.53. The topological polar surface area (TPSA) is 50.7 Å². The van der Waals surface area contributed by atoms with Crippen LogP contribution in [0.1, 0.15) is 6.92 Å². The summed E-state index contributed by atoms with van der Waals surface area (Å²) in [5, 5.41) is 13.1. The van der Waals surface area contributed by atoms with Crippen molar-refractivity contribution in [3.63, 3.8) is 0 Å². The summed E-state index contributed by atoms with van der Waals surface area (Å²) >= 11 is 0. The molecule has 4 heteroatoms. The summed E-state index contributed by atoms with van der Waals surface area (Å²) < 4.78 is 11.3. The van der Waals surface area contributed by atoms with E-state index in [-0.39, 0.29) is 6.10 Å². The smallest absolute Gasteiger partial charge is 0.162 e. The molecule has 0 fully saturated rings. The largest absolute Gasteiger partial charge is 0.486 e. The van der Waals surface area contributed by atoms with E-state index in [2.05, 4.69) is 5.32 Å². The Hall–Kier alpha value is -1.26. The van der Waals surface area contributed by atoms with Gasteiger partial charge in [0.25, 0.3) is 0 Å². The van der Waals surface area contributed by atoms with E-state index in [0.717, 1.165) is 5.75 Å². The summed E-state index contributed by atoms with van der Waals surface area (Å²) in [4.78, 5) is 0. The molecule has 1 aromatic rings. The van der Waals surface area contributed by atoms with E-state index >= 15 is 0 Å². The minimum Gasteiger partial charge on any atom is -0.486 e. The van der Waals surface area contributed by atoms with Gasteiger partial charge in [0.05, 0.1) is 0 Å². The van der Waals surface area contributed by atoms with Crippen LogP contribution in [0.2, 0.25) is 0 Å². The number of hydrogen-bond acceptors (Lipinski definition) is 4. The van der Waals surface area contributed by atoms with E-state index in [1.165, 1.54) is 0 Å². The molecule has 1 heterocycles. The second-order valence-corrected chi connectivity index (χ2v) is 4.25. The lowest BCUT2D eigenvalue weighted by atomic mass is 9.99. The molecule has 1 aliphatic rings. The second kappa shape index (κ2) is 4.31. The molecule has 0 aromatic heterocycles. The molecular weight excluding hydrogens is 206 g/mol. The number of benzene rings is 1. The zero-order valence-electron chi connectivity index (χ0n) is 9.56. The van der Waals surface area contributed by atoms with Crippen LogP contribution in [0, 0.1) is 0 Å². The van der Waals surface area contributed by atoms with Gasteiger partial charge >= 0.3 is 0 Å². The Bertz CT molecular complexity index is 365. The number of para-hydroxylation sites is 2. The molecule has 2 N–H and O–H groups in total. The summed E-state index contributed by atoms with van der Waals surface area (Å²) in [7, 11) is 1.80. The number of rotatable bonds is 3. The van der Waals surface area contributed by atoms with Gasteiger partial charge in [0.1, 0.15) is 12.2 Å². The molecule has 2 atom stereocenters. The highest BCUT2D eigenvalue weighted by atomic mass is 16.6. The number of aliphatic hydroxyl groups is 1. The highest BCUT2D eigenvalue weighted by molar-refractivity contribution is 5.40. The van der Waals surface area contributed by atoms with Gasteiger partial charge in [-0.3, -0.25) is 0 Å². The average molecular weight is 223 g/mol. The van der Waals surface area contributed by atoms with Crippen LogP contribution in [-0.4, -0.2) is 37.0 Å². The molecule has 4 nitrogen and oxygen atoms in total. The number of fused-ring (bicyclic) bond motifs is 1. The minimum atomic E-state index is -0.942. The highest BCUT2D eigenvalue weighted by Crippen LogP contribution is 2.33. The Morgan fingerprint density at radius 3 is 2.81 bits per heavy atom. The van der Waals surface area contributed by atoms with Crippen molar-refractivity contribution in [1.82, 2.24) is 5.32 Å². The van der Waals surface area contributed by atoms with Crippen LogP contribution in [0.3, 0.4) is 0 Å². The molecule has 0 bridgehead atoms. The van der Waals surface area contributed by atoms with Crippen molar-refractivity contribution < 1.29 is 14.6 Å². The first-order valence-corrected chi connectivity index (χ1v) is 5.39.